The summed E-state index contributed by atoms with van der Waals surface area (Å²) in [5.41, 5.74) is -0.901. The van der Waals surface area contributed by atoms with Crippen molar-refractivity contribution in [3.8, 4) is 0 Å². The molecule has 1 fully saturated rings. The van der Waals surface area contributed by atoms with Gasteiger partial charge in [0.25, 0.3) is 5.91 Å². The van der Waals surface area contributed by atoms with Crippen LogP contribution in [0.5, 0.6) is 0 Å². The third kappa shape index (κ3) is 5.16. The van der Waals surface area contributed by atoms with E-state index in [-0.39, 0.29) is 23.1 Å². The number of carbonyl (C=O) groups excluding carboxylic acids is 3. The van der Waals surface area contributed by atoms with Gasteiger partial charge in [0.15, 0.2) is 0 Å². The lowest BCUT2D eigenvalue weighted by atomic mass is 10.1. The van der Waals surface area contributed by atoms with Crippen LogP contribution in [0.2, 0.25) is 0 Å². The second-order valence-electron chi connectivity index (χ2n) is 7.28. The molecule has 0 radical (unpaired) electrons. The quantitative estimate of drug-likeness (QED) is 0.666. The average molecular weight is 419 g/mol. The van der Waals surface area contributed by atoms with Crippen molar-refractivity contribution in [3.63, 3.8) is 0 Å². The Kier molecular flexibility index (Phi) is 5.82. The smallest absolute Gasteiger partial charge is 0.326 e. The number of benzene rings is 2. The maximum Gasteiger partial charge on any atom is 0.418 e. The van der Waals surface area contributed by atoms with Crippen molar-refractivity contribution >= 4 is 34.8 Å². The molecule has 3 rings (SSSR count). The molecule has 2 aromatic rings. The van der Waals surface area contributed by atoms with Crippen molar-refractivity contribution in [1.29, 1.82) is 0 Å². The first-order chi connectivity index (χ1) is 14.0. The van der Waals surface area contributed by atoms with E-state index in [0.29, 0.717) is 11.6 Å². The van der Waals surface area contributed by atoms with Crippen LogP contribution in [0.15, 0.2) is 42.5 Å². The number of anilines is 3. The molecule has 1 aliphatic carbocycles. The highest BCUT2D eigenvalue weighted by molar-refractivity contribution is 6.05. The Morgan fingerprint density at radius 1 is 0.933 bits per heavy atom. The van der Waals surface area contributed by atoms with Crippen LogP contribution >= 0.6 is 0 Å². The van der Waals surface area contributed by atoms with E-state index in [1.165, 1.54) is 37.3 Å². The maximum atomic E-state index is 13.4. The van der Waals surface area contributed by atoms with Crippen LogP contribution in [0, 0.1) is 11.8 Å². The number of hydrogen-bond donors (Lipinski definition) is 3. The van der Waals surface area contributed by atoms with Crippen LogP contribution in [-0.4, -0.2) is 17.7 Å². The molecule has 2 atom stereocenters. The zero-order chi connectivity index (χ0) is 22.1. The standard InChI is InChI=1S/C21H20F3N3O3/c1-11-9-16(11)20(30)26-14-5-3-13(4-6-14)19(29)27-18-8-7-15(25-12(2)28)10-17(18)21(22,23)24/h3-8,10-11,16H,9H2,1-2H3,(H,25,28)(H,26,30)(H,27,29). The monoisotopic (exact) mass is 419 g/mol. The van der Waals surface area contributed by atoms with Crippen molar-refractivity contribution in [2.45, 2.75) is 26.4 Å². The van der Waals surface area contributed by atoms with Gasteiger partial charge >= 0.3 is 6.18 Å². The minimum atomic E-state index is -4.73. The van der Waals surface area contributed by atoms with Gasteiger partial charge in [-0.2, -0.15) is 13.2 Å². The van der Waals surface area contributed by atoms with E-state index in [1.54, 1.807) is 0 Å². The first-order valence-corrected chi connectivity index (χ1v) is 9.25. The van der Waals surface area contributed by atoms with Crippen LogP contribution in [0.4, 0.5) is 30.2 Å². The van der Waals surface area contributed by atoms with Crippen LogP contribution in [0.25, 0.3) is 0 Å². The van der Waals surface area contributed by atoms with Gasteiger partial charge < -0.3 is 16.0 Å². The summed E-state index contributed by atoms with van der Waals surface area (Å²) in [6.45, 7) is 3.16. The van der Waals surface area contributed by atoms with Crippen molar-refractivity contribution < 1.29 is 27.6 Å². The lowest BCUT2D eigenvalue weighted by Crippen LogP contribution is -2.18. The molecule has 3 N–H and O–H groups in total. The molecule has 158 valence electrons. The second kappa shape index (κ2) is 8.17. The van der Waals surface area contributed by atoms with E-state index in [2.05, 4.69) is 16.0 Å². The van der Waals surface area contributed by atoms with E-state index in [0.717, 1.165) is 18.6 Å². The SMILES string of the molecule is CC(=O)Nc1ccc(NC(=O)c2ccc(NC(=O)C3CC3C)cc2)c(C(F)(F)F)c1. The molecular formula is C21H20F3N3O3. The molecule has 0 bridgehead atoms. The van der Waals surface area contributed by atoms with E-state index < -0.39 is 29.2 Å². The highest BCUT2D eigenvalue weighted by Gasteiger charge is 2.39. The molecule has 0 saturated heterocycles. The largest absolute Gasteiger partial charge is 0.418 e. The number of amides is 3. The summed E-state index contributed by atoms with van der Waals surface area (Å²) in [6.07, 6.45) is -3.89. The van der Waals surface area contributed by atoms with Gasteiger partial charge in [-0.05, 0) is 54.8 Å². The fourth-order valence-corrected chi connectivity index (χ4v) is 2.99. The summed E-state index contributed by atoms with van der Waals surface area (Å²) in [4.78, 5) is 35.4. The molecule has 0 aromatic heterocycles. The van der Waals surface area contributed by atoms with Crippen molar-refractivity contribution in [2.75, 3.05) is 16.0 Å². The molecule has 2 unspecified atom stereocenters. The van der Waals surface area contributed by atoms with Crippen LogP contribution in [0.1, 0.15) is 36.2 Å². The molecule has 1 aliphatic rings. The second-order valence-corrected chi connectivity index (χ2v) is 7.28. The van der Waals surface area contributed by atoms with Gasteiger partial charge in [0.2, 0.25) is 11.8 Å². The fraction of sp³-hybridized carbons (Fsp3) is 0.286. The minimum Gasteiger partial charge on any atom is -0.326 e. The Morgan fingerprint density at radius 2 is 1.53 bits per heavy atom. The van der Waals surface area contributed by atoms with Gasteiger partial charge in [0.1, 0.15) is 0 Å². The van der Waals surface area contributed by atoms with E-state index >= 15 is 0 Å². The molecule has 30 heavy (non-hydrogen) atoms. The molecule has 9 heteroatoms. The zero-order valence-electron chi connectivity index (χ0n) is 16.3. The van der Waals surface area contributed by atoms with Crippen molar-refractivity contribution in [2.24, 2.45) is 11.8 Å². The third-order valence-electron chi connectivity index (χ3n) is 4.75. The highest BCUT2D eigenvalue weighted by Crippen LogP contribution is 2.39. The van der Waals surface area contributed by atoms with Gasteiger partial charge in [-0.3, -0.25) is 14.4 Å². The molecule has 0 spiro atoms. The lowest BCUT2D eigenvalue weighted by Gasteiger charge is -2.15. The third-order valence-corrected chi connectivity index (χ3v) is 4.75. The molecule has 0 aliphatic heterocycles. The number of nitrogens with one attached hydrogen (secondary N) is 3. The van der Waals surface area contributed by atoms with Crippen molar-refractivity contribution in [1.82, 2.24) is 0 Å². The lowest BCUT2D eigenvalue weighted by molar-refractivity contribution is -0.137. The predicted molar refractivity (Wildman–Crippen MR) is 106 cm³/mol. The Hall–Kier alpha value is -3.36. The zero-order valence-corrected chi connectivity index (χ0v) is 16.3. The van der Waals surface area contributed by atoms with Gasteiger partial charge in [-0.15, -0.1) is 0 Å². The molecule has 6 nitrogen and oxygen atoms in total. The normalized spacial score (nSPS) is 17.8. The van der Waals surface area contributed by atoms with Crippen LogP contribution in [-0.2, 0) is 15.8 Å². The number of hydrogen-bond acceptors (Lipinski definition) is 3. The number of rotatable bonds is 5. The van der Waals surface area contributed by atoms with E-state index in [1.807, 2.05) is 6.92 Å². The van der Waals surface area contributed by atoms with Crippen LogP contribution in [0.3, 0.4) is 0 Å². The average Bonchev–Trinajstić information content (AvgIpc) is 3.39. The summed E-state index contributed by atoms with van der Waals surface area (Å²) in [7, 11) is 0. The van der Waals surface area contributed by atoms with Gasteiger partial charge in [-0.1, -0.05) is 6.92 Å². The molecule has 1 saturated carbocycles. The van der Waals surface area contributed by atoms with Gasteiger partial charge in [-0.25, -0.2) is 0 Å². The highest BCUT2D eigenvalue weighted by atomic mass is 19.4. The summed E-state index contributed by atoms with van der Waals surface area (Å²) in [6, 6.07) is 8.98. The van der Waals surface area contributed by atoms with Crippen LogP contribution < -0.4 is 16.0 Å². The summed E-state index contributed by atoms with van der Waals surface area (Å²) in [5, 5.41) is 7.28. The van der Waals surface area contributed by atoms with E-state index in [9.17, 15) is 27.6 Å². The van der Waals surface area contributed by atoms with E-state index in [4.69, 9.17) is 0 Å². The predicted octanol–water partition coefficient (Wildman–Crippen LogP) is 4.51. The first-order valence-electron chi connectivity index (χ1n) is 9.25. The Labute approximate surface area is 170 Å². The molecule has 3 amide bonds. The van der Waals surface area contributed by atoms with Crippen molar-refractivity contribution in [3.05, 3.63) is 53.6 Å². The number of alkyl halides is 3. The summed E-state index contributed by atoms with van der Waals surface area (Å²) in [5.74, 6) is -0.984. The number of carbonyl (C=O) groups is 3. The Bertz CT molecular complexity index is 987. The first kappa shape index (κ1) is 21.4. The maximum absolute atomic E-state index is 13.4. The number of halogens is 3. The van der Waals surface area contributed by atoms with Gasteiger partial charge in [0.05, 0.1) is 11.3 Å². The molecular weight excluding hydrogens is 399 g/mol. The Balaban J connectivity index is 1.73. The van der Waals surface area contributed by atoms with Gasteiger partial charge in [0, 0.05) is 29.8 Å². The summed E-state index contributed by atoms with van der Waals surface area (Å²) < 4.78 is 40.2. The minimum absolute atomic E-state index is 0.00534. The topological polar surface area (TPSA) is 87.3 Å². The fourth-order valence-electron chi connectivity index (χ4n) is 2.99. The molecule has 0 heterocycles. The molecule has 2 aromatic carbocycles. The Morgan fingerprint density at radius 3 is 2.07 bits per heavy atom. The summed E-state index contributed by atoms with van der Waals surface area (Å²) >= 11 is 0.